The predicted octanol–water partition coefficient (Wildman–Crippen LogP) is 3.75. The molecule has 0 atom stereocenters. The number of benzene rings is 1. The molecule has 1 aromatic carbocycles. The van der Waals surface area contributed by atoms with Gasteiger partial charge in [-0.25, -0.2) is 4.39 Å². The van der Waals surface area contributed by atoms with E-state index in [0.717, 1.165) is 0 Å². The molecule has 0 saturated heterocycles. The van der Waals surface area contributed by atoms with Crippen LogP contribution in [0.1, 0.15) is 23.1 Å². The van der Waals surface area contributed by atoms with Crippen LogP contribution in [0.3, 0.4) is 0 Å². The number of hydrogen-bond acceptors (Lipinski definition) is 1. The highest BCUT2D eigenvalue weighted by molar-refractivity contribution is 5.37. The van der Waals surface area contributed by atoms with Gasteiger partial charge in [0.1, 0.15) is 5.82 Å². The van der Waals surface area contributed by atoms with E-state index in [1.165, 1.54) is 0 Å². The molecular formula is C11H10F7N. The Morgan fingerprint density at radius 1 is 0.947 bits per heavy atom. The van der Waals surface area contributed by atoms with Crippen molar-refractivity contribution >= 4 is 0 Å². The first-order valence-corrected chi connectivity index (χ1v) is 5.24. The van der Waals surface area contributed by atoms with Crippen molar-refractivity contribution in [2.75, 3.05) is 6.54 Å². The van der Waals surface area contributed by atoms with Gasteiger partial charge in [-0.2, -0.15) is 26.3 Å². The van der Waals surface area contributed by atoms with Crippen LogP contribution >= 0.6 is 0 Å². The minimum atomic E-state index is -5.05. The van der Waals surface area contributed by atoms with E-state index in [2.05, 4.69) is 0 Å². The molecule has 1 rings (SSSR count). The largest absolute Gasteiger partial charge is 0.416 e. The van der Waals surface area contributed by atoms with E-state index in [4.69, 9.17) is 5.73 Å². The van der Waals surface area contributed by atoms with E-state index >= 15 is 0 Å². The normalized spacial score (nSPS) is 12.8. The highest BCUT2D eigenvalue weighted by atomic mass is 19.4. The van der Waals surface area contributed by atoms with Crippen molar-refractivity contribution in [1.29, 1.82) is 0 Å². The molecule has 8 heteroatoms. The number of rotatable bonds is 3. The fraction of sp³-hybridized carbons (Fsp3) is 0.455. The number of halogens is 7. The van der Waals surface area contributed by atoms with Crippen molar-refractivity contribution in [3.8, 4) is 0 Å². The van der Waals surface area contributed by atoms with E-state index in [1.807, 2.05) is 0 Å². The summed E-state index contributed by atoms with van der Waals surface area (Å²) in [6, 6.07) is -0.00395. The topological polar surface area (TPSA) is 26.0 Å². The number of hydrogen-bond donors (Lipinski definition) is 1. The summed E-state index contributed by atoms with van der Waals surface area (Å²) in [5.74, 6) is -1.52. The van der Waals surface area contributed by atoms with E-state index in [0.29, 0.717) is 0 Å². The lowest BCUT2D eigenvalue weighted by Gasteiger charge is -2.16. The van der Waals surface area contributed by atoms with Gasteiger partial charge in [0.2, 0.25) is 0 Å². The molecule has 0 saturated carbocycles. The average molecular weight is 289 g/mol. The highest BCUT2D eigenvalue weighted by Crippen LogP contribution is 2.38. The van der Waals surface area contributed by atoms with Crippen LogP contribution in [-0.4, -0.2) is 6.54 Å². The summed E-state index contributed by atoms with van der Waals surface area (Å²) in [5, 5.41) is 0. The zero-order valence-electron chi connectivity index (χ0n) is 9.50. The molecular weight excluding hydrogens is 279 g/mol. The Hall–Kier alpha value is -1.31. The van der Waals surface area contributed by atoms with Crippen molar-refractivity contribution in [2.45, 2.75) is 25.2 Å². The third-order valence-electron chi connectivity index (χ3n) is 2.46. The Morgan fingerprint density at radius 2 is 1.53 bits per heavy atom. The van der Waals surface area contributed by atoms with Crippen LogP contribution in [0.4, 0.5) is 30.7 Å². The molecule has 19 heavy (non-hydrogen) atoms. The fourth-order valence-corrected chi connectivity index (χ4v) is 1.59. The summed E-state index contributed by atoms with van der Waals surface area (Å²) >= 11 is 0. The zero-order valence-corrected chi connectivity index (χ0v) is 9.50. The summed E-state index contributed by atoms with van der Waals surface area (Å²) in [7, 11) is 0. The molecule has 0 amide bonds. The van der Waals surface area contributed by atoms with Crippen LogP contribution in [0.2, 0.25) is 0 Å². The summed E-state index contributed by atoms with van der Waals surface area (Å²) in [5.41, 5.74) is 1.05. The molecule has 1 aromatic rings. The minimum Gasteiger partial charge on any atom is -0.330 e. The molecule has 0 spiro atoms. The second-order valence-corrected chi connectivity index (χ2v) is 3.87. The predicted molar refractivity (Wildman–Crippen MR) is 53.8 cm³/mol. The molecule has 0 fully saturated rings. The van der Waals surface area contributed by atoms with Crippen LogP contribution in [-0.2, 0) is 18.8 Å². The lowest BCUT2D eigenvalue weighted by molar-refractivity contribution is -0.143. The third-order valence-corrected chi connectivity index (χ3v) is 2.46. The molecule has 0 aliphatic heterocycles. The van der Waals surface area contributed by atoms with E-state index < -0.39 is 34.9 Å². The maximum Gasteiger partial charge on any atom is 0.416 e. The smallest absolute Gasteiger partial charge is 0.330 e. The van der Waals surface area contributed by atoms with Gasteiger partial charge in [0, 0.05) is 5.56 Å². The maximum atomic E-state index is 13.5. The average Bonchev–Trinajstić information content (AvgIpc) is 2.23. The lowest BCUT2D eigenvalue weighted by atomic mass is 9.98. The molecule has 0 unspecified atom stereocenters. The quantitative estimate of drug-likeness (QED) is 0.842. The minimum absolute atomic E-state index is 0.0117. The van der Waals surface area contributed by atoms with Crippen LogP contribution in [0.15, 0.2) is 12.1 Å². The van der Waals surface area contributed by atoms with Gasteiger partial charge in [-0.05, 0) is 31.5 Å². The van der Waals surface area contributed by atoms with E-state index in [1.54, 1.807) is 0 Å². The molecule has 0 heterocycles. The second-order valence-electron chi connectivity index (χ2n) is 3.87. The summed E-state index contributed by atoms with van der Waals surface area (Å²) in [6.07, 6.45) is -10.4. The highest BCUT2D eigenvalue weighted by Gasteiger charge is 2.39. The standard InChI is InChI=1S/C11H10F7N/c12-9-5-6(10(13,14)15)4-8(11(16,17)18)7(9)2-1-3-19/h4-5H,1-3,19H2. The van der Waals surface area contributed by atoms with Crippen LogP contribution in [0, 0.1) is 5.82 Å². The molecule has 0 bridgehead atoms. The van der Waals surface area contributed by atoms with Gasteiger partial charge in [0.25, 0.3) is 0 Å². The van der Waals surface area contributed by atoms with Crippen molar-refractivity contribution in [3.05, 3.63) is 34.6 Å². The summed E-state index contributed by atoms with van der Waals surface area (Å²) in [6.45, 7) is 0.0117. The SMILES string of the molecule is NCCCc1c(F)cc(C(F)(F)F)cc1C(F)(F)F. The van der Waals surface area contributed by atoms with Gasteiger partial charge in [-0.15, -0.1) is 0 Å². The zero-order chi connectivity index (χ0) is 14.8. The first-order chi connectivity index (χ1) is 8.57. The Bertz CT molecular complexity index is 448. The fourth-order valence-electron chi connectivity index (χ4n) is 1.59. The number of alkyl halides is 6. The van der Waals surface area contributed by atoms with Crippen molar-refractivity contribution in [3.63, 3.8) is 0 Å². The van der Waals surface area contributed by atoms with Gasteiger partial charge in [0.05, 0.1) is 11.1 Å². The van der Waals surface area contributed by atoms with Crippen molar-refractivity contribution in [2.24, 2.45) is 5.73 Å². The molecule has 1 nitrogen and oxygen atoms in total. The van der Waals surface area contributed by atoms with Crippen LogP contribution < -0.4 is 5.73 Å². The van der Waals surface area contributed by atoms with Crippen molar-refractivity contribution in [1.82, 2.24) is 0 Å². The first-order valence-electron chi connectivity index (χ1n) is 5.24. The summed E-state index contributed by atoms with van der Waals surface area (Å²) in [4.78, 5) is 0. The van der Waals surface area contributed by atoms with Crippen LogP contribution in [0.25, 0.3) is 0 Å². The van der Waals surface area contributed by atoms with Gasteiger partial charge in [-0.3, -0.25) is 0 Å². The van der Waals surface area contributed by atoms with Crippen molar-refractivity contribution < 1.29 is 30.7 Å². The van der Waals surface area contributed by atoms with Gasteiger partial charge in [-0.1, -0.05) is 0 Å². The van der Waals surface area contributed by atoms with Gasteiger partial charge >= 0.3 is 12.4 Å². The summed E-state index contributed by atoms with van der Waals surface area (Å²) < 4.78 is 88.5. The van der Waals surface area contributed by atoms with Gasteiger partial charge in [0.15, 0.2) is 0 Å². The Morgan fingerprint density at radius 3 is 1.95 bits per heavy atom. The molecule has 0 aliphatic carbocycles. The molecule has 108 valence electrons. The number of nitrogens with two attached hydrogens (primary N) is 1. The Kier molecular flexibility index (Phi) is 4.44. The maximum absolute atomic E-state index is 13.5. The lowest BCUT2D eigenvalue weighted by Crippen LogP contribution is -2.16. The van der Waals surface area contributed by atoms with E-state index in [-0.39, 0.29) is 31.5 Å². The molecule has 0 radical (unpaired) electrons. The third kappa shape index (κ3) is 3.82. The monoisotopic (exact) mass is 289 g/mol. The Balaban J connectivity index is 3.39. The second kappa shape index (κ2) is 5.36. The molecule has 0 aliphatic rings. The van der Waals surface area contributed by atoms with E-state index in [9.17, 15) is 30.7 Å². The molecule has 0 aromatic heterocycles. The molecule has 2 N–H and O–H groups in total. The van der Waals surface area contributed by atoms with Crippen LogP contribution in [0.5, 0.6) is 0 Å². The first kappa shape index (κ1) is 15.7. The van der Waals surface area contributed by atoms with Gasteiger partial charge < -0.3 is 5.73 Å². The Labute approximate surface area is 104 Å².